The first-order valence-corrected chi connectivity index (χ1v) is 14.6. The Labute approximate surface area is 255 Å². The van der Waals surface area contributed by atoms with Crippen molar-refractivity contribution in [2.24, 2.45) is 0 Å². The van der Waals surface area contributed by atoms with Crippen LogP contribution in [-0.4, -0.2) is 80.7 Å². The zero-order valence-corrected chi connectivity index (χ0v) is 25.6. The number of hydrogen-bond donors (Lipinski definition) is 2. The van der Waals surface area contributed by atoms with Crippen molar-refractivity contribution in [1.82, 2.24) is 15.3 Å². The predicted octanol–water partition coefficient (Wildman–Crippen LogP) is 5.11. The summed E-state index contributed by atoms with van der Waals surface area (Å²) in [6.45, 7) is 9.95. The van der Waals surface area contributed by atoms with Crippen molar-refractivity contribution in [3.05, 3.63) is 47.1 Å². The summed E-state index contributed by atoms with van der Waals surface area (Å²) in [6, 6.07) is 5.23. The van der Waals surface area contributed by atoms with Crippen LogP contribution >= 0.6 is 23.2 Å². The van der Waals surface area contributed by atoms with Crippen LogP contribution in [0.15, 0.2) is 37.1 Å². The minimum absolute atomic E-state index is 0.00592. The van der Waals surface area contributed by atoms with Gasteiger partial charge in [0.1, 0.15) is 23.1 Å². The lowest BCUT2D eigenvalue weighted by molar-refractivity contribution is -0.117. The number of anilines is 2. The van der Waals surface area contributed by atoms with Gasteiger partial charge >= 0.3 is 0 Å². The van der Waals surface area contributed by atoms with Gasteiger partial charge in [-0.25, -0.2) is 9.97 Å². The second-order valence-corrected chi connectivity index (χ2v) is 11.3. The number of aromatic nitrogens is 2. The van der Waals surface area contributed by atoms with E-state index in [-0.39, 0.29) is 30.2 Å². The van der Waals surface area contributed by atoms with E-state index in [4.69, 9.17) is 52.1 Å². The predicted molar refractivity (Wildman–Crippen MR) is 165 cm³/mol. The first-order valence-electron chi connectivity index (χ1n) is 13.8. The van der Waals surface area contributed by atoms with Crippen molar-refractivity contribution in [2.45, 2.75) is 44.6 Å². The molecule has 2 fully saturated rings. The van der Waals surface area contributed by atoms with Gasteiger partial charge in [0, 0.05) is 48.3 Å². The van der Waals surface area contributed by atoms with Crippen molar-refractivity contribution >= 4 is 51.5 Å². The number of ether oxygens (including phenoxy) is 4. The van der Waals surface area contributed by atoms with E-state index in [0.717, 1.165) is 16.6 Å². The van der Waals surface area contributed by atoms with E-state index in [9.17, 15) is 4.79 Å². The van der Waals surface area contributed by atoms with Crippen LogP contribution in [0.1, 0.15) is 20.3 Å². The van der Waals surface area contributed by atoms with Crippen LogP contribution in [0.5, 0.6) is 11.5 Å². The molecule has 42 heavy (non-hydrogen) atoms. The van der Waals surface area contributed by atoms with Gasteiger partial charge in [0.25, 0.3) is 0 Å². The Morgan fingerprint density at radius 3 is 2.43 bits per heavy atom. The molecule has 0 radical (unpaired) electrons. The van der Waals surface area contributed by atoms with Gasteiger partial charge < -0.3 is 34.5 Å². The molecule has 0 aliphatic carbocycles. The Hall–Kier alpha value is -3.31. The molecule has 1 amide bonds. The normalized spacial score (nSPS) is 22.5. The monoisotopic (exact) mass is 615 g/mol. The molecule has 2 aliphatic heterocycles. The summed E-state index contributed by atoms with van der Waals surface area (Å²) < 4.78 is 22.7. The molecule has 4 atom stereocenters. The number of carbonyl (C=O) groups is 1. The van der Waals surface area contributed by atoms with E-state index in [1.54, 1.807) is 12.3 Å². The van der Waals surface area contributed by atoms with Gasteiger partial charge in [-0.1, -0.05) is 29.8 Å². The second-order valence-electron chi connectivity index (χ2n) is 10.5. The average molecular weight is 617 g/mol. The minimum atomic E-state index is -0.221. The number of nitrogens with zero attached hydrogens (tertiary/aromatic N) is 3. The zero-order valence-electron chi connectivity index (χ0n) is 24.1. The number of carbonyl (C=O) groups excluding carboxylic acids is 1. The largest absolute Gasteiger partial charge is 0.495 e. The highest BCUT2D eigenvalue weighted by Crippen LogP contribution is 2.46. The van der Waals surface area contributed by atoms with Crippen molar-refractivity contribution in [3.63, 3.8) is 0 Å². The maximum absolute atomic E-state index is 12.0. The molecule has 224 valence electrons. The third-order valence-electron chi connectivity index (χ3n) is 7.45. The molecule has 3 aromatic rings. The number of benzene rings is 1. The molecule has 1 aromatic carbocycles. The number of halogens is 2. The Bertz CT molecular complexity index is 1450. The second kappa shape index (κ2) is 12.9. The van der Waals surface area contributed by atoms with Crippen LogP contribution < -0.4 is 25.0 Å². The number of methoxy groups -OCH3 is 2. The lowest BCUT2D eigenvalue weighted by atomic mass is 10.0. The number of morpholine rings is 1. The summed E-state index contributed by atoms with van der Waals surface area (Å²) in [5, 5.41) is 8.87. The van der Waals surface area contributed by atoms with E-state index < -0.39 is 0 Å². The molecule has 2 saturated heterocycles. The Morgan fingerprint density at radius 2 is 1.79 bits per heavy atom. The third-order valence-corrected chi connectivity index (χ3v) is 8.20. The molecule has 12 heteroatoms. The number of hydrogen-bond acceptors (Lipinski definition) is 9. The molecule has 0 bridgehead atoms. The summed E-state index contributed by atoms with van der Waals surface area (Å²) >= 11 is 13.6. The highest BCUT2D eigenvalue weighted by atomic mass is 35.5. The first-order chi connectivity index (χ1) is 20.2. The summed E-state index contributed by atoms with van der Waals surface area (Å²) in [6.07, 6.45) is 3.75. The van der Waals surface area contributed by atoms with Gasteiger partial charge in [0.2, 0.25) is 5.91 Å². The molecule has 2 unspecified atom stereocenters. The molecular formula is C30H35Cl2N5O5. The molecule has 0 spiro atoms. The molecular weight excluding hydrogens is 581 g/mol. The van der Waals surface area contributed by atoms with E-state index in [0.29, 0.717) is 71.3 Å². The maximum Gasteiger partial charge on any atom is 0.243 e. The number of pyridine rings is 2. The number of nitrogens with one attached hydrogen (secondary N) is 2. The van der Waals surface area contributed by atoms with Gasteiger partial charge in [-0.2, -0.15) is 0 Å². The van der Waals surface area contributed by atoms with Crippen LogP contribution in [0.25, 0.3) is 22.0 Å². The van der Waals surface area contributed by atoms with Gasteiger partial charge in [-0.15, -0.1) is 0 Å². The molecule has 2 N–H and O–H groups in total. The molecule has 0 saturated carbocycles. The zero-order chi connectivity index (χ0) is 30.0. The van der Waals surface area contributed by atoms with Gasteiger partial charge in [0.05, 0.1) is 60.9 Å². The fourth-order valence-electron chi connectivity index (χ4n) is 5.52. The highest BCUT2D eigenvalue weighted by Gasteiger charge is 2.29. The summed E-state index contributed by atoms with van der Waals surface area (Å²) in [7, 11) is 3.08. The fraction of sp³-hybridized carbons (Fsp3) is 0.433. The fourth-order valence-corrected chi connectivity index (χ4v) is 6.22. The summed E-state index contributed by atoms with van der Waals surface area (Å²) in [5.41, 5.74) is 1.07. The van der Waals surface area contributed by atoms with Crippen molar-refractivity contribution < 1.29 is 23.7 Å². The number of amides is 1. The molecule has 10 nitrogen and oxygen atoms in total. The highest BCUT2D eigenvalue weighted by molar-refractivity contribution is 6.41. The van der Waals surface area contributed by atoms with Crippen molar-refractivity contribution in [1.29, 1.82) is 0 Å². The smallest absolute Gasteiger partial charge is 0.243 e. The SMILES string of the molecule is C=CC(=O)N[C@H]1CCOC[C@H]1Nc1cc2c(N3CC(C)OC(C)C3)nc(-c3c(Cl)c(OC)cc(OC)c3Cl)cc2cn1. The summed E-state index contributed by atoms with van der Waals surface area (Å²) in [4.78, 5) is 24.1. The van der Waals surface area contributed by atoms with Crippen LogP contribution in [0.2, 0.25) is 10.0 Å². The van der Waals surface area contributed by atoms with Crippen molar-refractivity contribution in [3.8, 4) is 22.8 Å². The van der Waals surface area contributed by atoms with E-state index in [2.05, 4.69) is 22.1 Å². The first kappa shape index (κ1) is 30.2. The molecule has 2 aliphatic rings. The minimum Gasteiger partial charge on any atom is -0.495 e. The van der Waals surface area contributed by atoms with Crippen LogP contribution in [0.4, 0.5) is 11.6 Å². The van der Waals surface area contributed by atoms with Crippen molar-refractivity contribution in [2.75, 3.05) is 50.7 Å². The van der Waals surface area contributed by atoms with Gasteiger partial charge in [-0.05, 0) is 38.5 Å². The van der Waals surface area contributed by atoms with Crippen LogP contribution in [0.3, 0.4) is 0 Å². The quantitative estimate of drug-likeness (QED) is 0.334. The Balaban J connectivity index is 1.61. The lowest BCUT2D eigenvalue weighted by Gasteiger charge is -2.37. The van der Waals surface area contributed by atoms with E-state index in [1.165, 1.54) is 20.3 Å². The van der Waals surface area contributed by atoms with Crippen LogP contribution in [-0.2, 0) is 14.3 Å². The van der Waals surface area contributed by atoms with E-state index in [1.807, 2.05) is 26.0 Å². The summed E-state index contributed by atoms with van der Waals surface area (Å²) in [5.74, 6) is 2.02. The number of rotatable bonds is 8. The Kier molecular flexibility index (Phi) is 9.27. The molecule has 2 aromatic heterocycles. The van der Waals surface area contributed by atoms with Crippen LogP contribution in [0, 0.1) is 0 Å². The van der Waals surface area contributed by atoms with Gasteiger partial charge in [0.15, 0.2) is 0 Å². The molecule has 5 rings (SSSR count). The maximum atomic E-state index is 12.0. The standard InChI is InChI=1S/C30H35Cl2N5O5/c1-6-26(38)35-20-7-8-41-15-22(20)34-25-10-19-18(12-33-25)9-21(36-30(19)37-13-16(2)42-17(3)14-37)27-28(31)23(39-4)11-24(40-5)29(27)32/h6,9-12,16-17,20,22H,1,7-8,13-15H2,2-5H3,(H,33,34)(H,35,38)/t16?,17?,20-,22+/m0/s1. The topological polar surface area (TPSA) is 107 Å². The Morgan fingerprint density at radius 1 is 1.10 bits per heavy atom. The van der Waals surface area contributed by atoms with Gasteiger partial charge in [-0.3, -0.25) is 4.79 Å². The number of fused-ring (bicyclic) bond motifs is 1. The molecule has 4 heterocycles. The average Bonchev–Trinajstić information content (AvgIpc) is 2.97. The lowest BCUT2D eigenvalue weighted by Crippen LogP contribution is -2.52. The van der Waals surface area contributed by atoms with E-state index >= 15 is 0 Å². The third kappa shape index (κ3) is 6.22.